The van der Waals surface area contributed by atoms with E-state index in [1.807, 2.05) is 0 Å². The number of nitrogens with zero attached hydrogens (tertiary/aromatic N) is 3. The first-order valence-corrected chi connectivity index (χ1v) is 6.75. The van der Waals surface area contributed by atoms with Gasteiger partial charge >= 0.3 is 0 Å². The van der Waals surface area contributed by atoms with Gasteiger partial charge in [-0.1, -0.05) is 33.1 Å². The van der Waals surface area contributed by atoms with Crippen LogP contribution in [0.5, 0.6) is 0 Å². The first-order valence-electron chi connectivity index (χ1n) is 6.75. The summed E-state index contributed by atoms with van der Waals surface area (Å²) < 4.78 is 0. The summed E-state index contributed by atoms with van der Waals surface area (Å²) in [6.45, 7) is 4.43. The topological polar surface area (TPSA) is 66.5 Å². The van der Waals surface area contributed by atoms with Gasteiger partial charge in [0.2, 0.25) is 0 Å². The number of nitrogens with one attached hydrogen (secondary N) is 2. The number of anilines is 1. The van der Waals surface area contributed by atoms with Crippen LogP contribution in [0.15, 0.2) is 12.7 Å². The molecular weight excluding hydrogens is 226 g/mol. The number of aromatic nitrogens is 4. The first kappa shape index (κ1) is 12.8. The van der Waals surface area contributed by atoms with E-state index in [0.29, 0.717) is 6.04 Å². The molecule has 0 aliphatic heterocycles. The molecule has 2 rings (SSSR count). The summed E-state index contributed by atoms with van der Waals surface area (Å²) in [6, 6.07) is 0.470. The van der Waals surface area contributed by atoms with Gasteiger partial charge in [0.1, 0.15) is 11.8 Å². The van der Waals surface area contributed by atoms with Gasteiger partial charge in [-0.05, 0) is 12.8 Å². The van der Waals surface area contributed by atoms with Crippen LogP contribution in [0.1, 0.15) is 46.0 Å². The Labute approximate surface area is 107 Å². The molecule has 0 spiro atoms. The van der Waals surface area contributed by atoms with E-state index in [0.717, 1.165) is 23.4 Å². The van der Waals surface area contributed by atoms with E-state index in [-0.39, 0.29) is 0 Å². The number of hydrogen-bond acceptors (Lipinski definition) is 4. The molecule has 0 fully saturated rings. The second kappa shape index (κ2) is 6.33. The van der Waals surface area contributed by atoms with Crippen molar-refractivity contribution in [1.82, 2.24) is 19.9 Å². The SMILES string of the molecule is CCCCCC(CC)Nc1ncnc2nc[nH]c12. The molecule has 0 aliphatic carbocycles. The van der Waals surface area contributed by atoms with E-state index in [1.54, 1.807) is 12.7 Å². The van der Waals surface area contributed by atoms with Gasteiger partial charge < -0.3 is 10.3 Å². The summed E-state index contributed by atoms with van der Waals surface area (Å²) in [7, 11) is 0. The zero-order valence-corrected chi connectivity index (χ0v) is 11.1. The smallest absolute Gasteiger partial charge is 0.182 e. The lowest BCUT2D eigenvalue weighted by Gasteiger charge is -2.17. The normalized spacial score (nSPS) is 12.8. The molecule has 0 saturated heterocycles. The van der Waals surface area contributed by atoms with E-state index in [4.69, 9.17) is 0 Å². The lowest BCUT2D eigenvalue weighted by atomic mass is 10.1. The molecule has 2 aromatic heterocycles. The van der Waals surface area contributed by atoms with Crippen molar-refractivity contribution in [2.24, 2.45) is 0 Å². The molecule has 2 heterocycles. The summed E-state index contributed by atoms with van der Waals surface area (Å²) >= 11 is 0. The lowest BCUT2D eigenvalue weighted by Crippen LogP contribution is -2.19. The highest BCUT2D eigenvalue weighted by Crippen LogP contribution is 2.18. The molecule has 0 bridgehead atoms. The van der Waals surface area contributed by atoms with Crippen molar-refractivity contribution in [2.45, 2.75) is 52.0 Å². The number of fused-ring (bicyclic) bond motifs is 1. The maximum Gasteiger partial charge on any atom is 0.182 e. The number of aromatic amines is 1. The molecule has 0 saturated carbocycles. The lowest BCUT2D eigenvalue weighted by molar-refractivity contribution is 0.573. The fraction of sp³-hybridized carbons (Fsp3) is 0.615. The Morgan fingerprint density at radius 2 is 2.11 bits per heavy atom. The van der Waals surface area contributed by atoms with Gasteiger partial charge in [-0.25, -0.2) is 15.0 Å². The molecule has 1 unspecified atom stereocenters. The monoisotopic (exact) mass is 247 g/mol. The van der Waals surface area contributed by atoms with Gasteiger partial charge in [-0.3, -0.25) is 0 Å². The van der Waals surface area contributed by atoms with Crippen LogP contribution in [-0.2, 0) is 0 Å². The Kier molecular flexibility index (Phi) is 4.50. The fourth-order valence-corrected chi connectivity index (χ4v) is 2.09. The van der Waals surface area contributed by atoms with Gasteiger partial charge in [0.05, 0.1) is 6.33 Å². The molecule has 5 nitrogen and oxygen atoms in total. The molecule has 0 aromatic carbocycles. The minimum atomic E-state index is 0.470. The quantitative estimate of drug-likeness (QED) is 0.738. The van der Waals surface area contributed by atoms with Crippen molar-refractivity contribution in [3.05, 3.63) is 12.7 Å². The number of unbranched alkanes of at least 4 members (excludes halogenated alkanes) is 2. The van der Waals surface area contributed by atoms with Crippen LogP contribution in [0.25, 0.3) is 11.2 Å². The highest BCUT2D eigenvalue weighted by molar-refractivity contribution is 5.81. The Morgan fingerprint density at radius 3 is 2.89 bits per heavy atom. The predicted octanol–water partition coefficient (Wildman–Crippen LogP) is 3.12. The maximum absolute atomic E-state index is 4.30. The Balaban J connectivity index is 2.04. The van der Waals surface area contributed by atoms with Crippen LogP contribution in [0, 0.1) is 0 Å². The third kappa shape index (κ3) is 2.97. The van der Waals surface area contributed by atoms with E-state index in [1.165, 1.54) is 25.7 Å². The van der Waals surface area contributed by atoms with Crippen LogP contribution in [0.3, 0.4) is 0 Å². The molecule has 98 valence electrons. The van der Waals surface area contributed by atoms with Gasteiger partial charge in [0, 0.05) is 6.04 Å². The van der Waals surface area contributed by atoms with E-state index >= 15 is 0 Å². The van der Waals surface area contributed by atoms with Gasteiger partial charge in [-0.2, -0.15) is 0 Å². The number of rotatable bonds is 7. The average Bonchev–Trinajstić information content (AvgIpc) is 2.87. The van der Waals surface area contributed by atoms with Gasteiger partial charge in [-0.15, -0.1) is 0 Å². The second-order valence-corrected chi connectivity index (χ2v) is 4.57. The average molecular weight is 247 g/mol. The second-order valence-electron chi connectivity index (χ2n) is 4.57. The molecule has 2 aromatic rings. The van der Waals surface area contributed by atoms with Crippen LogP contribution >= 0.6 is 0 Å². The minimum Gasteiger partial charge on any atom is -0.365 e. The van der Waals surface area contributed by atoms with Crippen LogP contribution in [0.2, 0.25) is 0 Å². The highest BCUT2D eigenvalue weighted by Gasteiger charge is 2.10. The largest absolute Gasteiger partial charge is 0.365 e. The van der Waals surface area contributed by atoms with Gasteiger partial charge in [0.25, 0.3) is 0 Å². The fourth-order valence-electron chi connectivity index (χ4n) is 2.09. The molecule has 0 radical (unpaired) electrons. The third-order valence-electron chi connectivity index (χ3n) is 3.21. The predicted molar refractivity (Wildman–Crippen MR) is 73.5 cm³/mol. The summed E-state index contributed by atoms with van der Waals surface area (Å²) in [5, 5.41) is 3.49. The zero-order valence-electron chi connectivity index (χ0n) is 11.1. The number of H-pyrrole nitrogens is 1. The molecule has 18 heavy (non-hydrogen) atoms. The highest BCUT2D eigenvalue weighted by atomic mass is 15.1. The molecule has 0 amide bonds. The van der Waals surface area contributed by atoms with Crippen molar-refractivity contribution in [1.29, 1.82) is 0 Å². The van der Waals surface area contributed by atoms with Crippen molar-refractivity contribution < 1.29 is 0 Å². The number of hydrogen-bond donors (Lipinski definition) is 2. The Hall–Kier alpha value is -1.65. The molecule has 5 heteroatoms. The summed E-state index contributed by atoms with van der Waals surface area (Å²) in [5.41, 5.74) is 1.61. The molecule has 1 atom stereocenters. The van der Waals surface area contributed by atoms with Crippen LogP contribution in [0.4, 0.5) is 5.82 Å². The van der Waals surface area contributed by atoms with E-state index < -0.39 is 0 Å². The molecule has 2 N–H and O–H groups in total. The minimum absolute atomic E-state index is 0.470. The Bertz CT molecular complexity index is 479. The number of imidazole rings is 1. The Morgan fingerprint density at radius 1 is 1.22 bits per heavy atom. The summed E-state index contributed by atoms with van der Waals surface area (Å²) in [6.07, 6.45) is 9.31. The first-order chi connectivity index (χ1) is 8.85. The van der Waals surface area contributed by atoms with Crippen molar-refractivity contribution in [3.8, 4) is 0 Å². The summed E-state index contributed by atoms with van der Waals surface area (Å²) in [5.74, 6) is 0.862. The van der Waals surface area contributed by atoms with Crippen LogP contribution < -0.4 is 5.32 Å². The van der Waals surface area contributed by atoms with E-state index in [9.17, 15) is 0 Å². The van der Waals surface area contributed by atoms with Gasteiger partial charge in [0.15, 0.2) is 11.5 Å². The van der Waals surface area contributed by atoms with Crippen molar-refractivity contribution in [2.75, 3.05) is 5.32 Å². The molecular formula is C13H21N5. The third-order valence-corrected chi connectivity index (χ3v) is 3.21. The zero-order chi connectivity index (χ0) is 12.8. The van der Waals surface area contributed by atoms with E-state index in [2.05, 4.69) is 39.1 Å². The standard InChI is InChI=1S/C13H21N5/c1-3-5-6-7-10(4-2)18-13-11-12(15-8-14-11)16-9-17-13/h8-10H,3-7H2,1-2H3,(H2,14,15,16,17,18). The van der Waals surface area contributed by atoms with Crippen molar-refractivity contribution in [3.63, 3.8) is 0 Å². The summed E-state index contributed by atoms with van der Waals surface area (Å²) in [4.78, 5) is 15.6. The maximum atomic E-state index is 4.30. The van der Waals surface area contributed by atoms with Crippen LogP contribution in [-0.4, -0.2) is 26.0 Å². The van der Waals surface area contributed by atoms with Crippen molar-refractivity contribution >= 4 is 17.0 Å². The molecule has 0 aliphatic rings.